The molecule has 96 valence electrons. The van der Waals surface area contributed by atoms with Crippen LogP contribution in [0.25, 0.3) is 0 Å². The molecule has 1 aliphatic rings. The Hall–Kier alpha value is -1.46. The molecular weight excluding hydrogens is 259 g/mol. The van der Waals surface area contributed by atoms with E-state index in [4.69, 9.17) is 11.6 Å². The number of benzene rings is 1. The molecule has 1 aliphatic heterocycles. The van der Waals surface area contributed by atoms with Crippen molar-refractivity contribution in [1.82, 2.24) is 10.6 Å². The summed E-state index contributed by atoms with van der Waals surface area (Å²) in [6, 6.07) is 3.62. The molecule has 2 rings (SSSR count). The van der Waals surface area contributed by atoms with E-state index in [0.717, 1.165) is 0 Å². The number of halogens is 2. The molecule has 1 fully saturated rings. The van der Waals surface area contributed by atoms with Gasteiger partial charge in [-0.25, -0.2) is 4.39 Å². The van der Waals surface area contributed by atoms with E-state index in [1.165, 1.54) is 18.2 Å². The molecule has 1 aromatic carbocycles. The Balaban J connectivity index is 1.97. The van der Waals surface area contributed by atoms with Crippen molar-refractivity contribution in [2.24, 2.45) is 0 Å². The summed E-state index contributed by atoms with van der Waals surface area (Å²) in [5.41, 5.74) is 0.585. The summed E-state index contributed by atoms with van der Waals surface area (Å²) in [5.74, 6) is -0.986. The fourth-order valence-corrected chi connectivity index (χ4v) is 1.98. The standard InChI is InChI=1S/C12H12ClFN2O2/c13-9-2-1-8(14)5-7(9)6-15-10-3-4-11(17)16-12(10)18/h1-2,5,10,15H,3-4,6H2,(H,16,17,18). The molecule has 0 bridgehead atoms. The SMILES string of the molecule is O=C1CCC(NCc2cc(F)ccc2Cl)C(=O)N1. The lowest BCUT2D eigenvalue weighted by atomic mass is 10.1. The van der Waals surface area contributed by atoms with Crippen LogP contribution in [-0.2, 0) is 16.1 Å². The van der Waals surface area contributed by atoms with Gasteiger partial charge in [0.05, 0.1) is 6.04 Å². The van der Waals surface area contributed by atoms with Gasteiger partial charge in [0.2, 0.25) is 11.8 Å². The maximum atomic E-state index is 13.0. The first-order valence-corrected chi connectivity index (χ1v) is 5.95. The zero-order valence-electron chi connectivity index (χ0n) is 9.50. The van der Waals surface area contributed by atoms with Crippen LogP contribution < -0.4 is 10.6 Å². The van der Waals surface area contributed by atoms with Crippen molar-refractivity contribution in [3.63, 3.8) is 0 Å². The molecule has 2 amide bonds. The van der Waals surface area contributed by atoms with Crippen LogP contribution in [0.2, 0.25) is 5.02 Å². The third-order valence-electron chi connectivity index (χ3n) is 2.79. The molecule has 0 aliphatic carbocycles. The largest absolute Gasteiger partial charge is 0.302 e. The minimum absolute atomic E-state index is 0.262. The predicted molar refractivity (Wildman–Crippen MR) is 64.4 cm³/mol. The van der Waals surface area contributed by atoms with E-state index in [1.54, 1.807) is 0 Å². The minimum atomic E-state index is -0.443. The second kappa shape index (κ2) is 5.46. The van der Waals surface area contributed by atoms with E-state index >= 15 is 0 Å². The Morgan fingerprint density at radius 2 is 2.22 bits per heavy atom. The minimum Gasteiger partial charge on any atom is -0.302 e. The van der Waals surface area contributed by atoms with Crippen molar-refractivity contribution in [3.8, 4) is 0 Å². The number of hydrogen-bond donors (Lipinski definition) is 2. The first kappa shape index (κ1) is 13.0. The van der Waals surface area contributed by atoms with Gasteiger partial charge in [0.1, 0.15) is 5.82 Å². The molecule has 1 unspecified atom stereocenters. The lowest BCUT2D eigenvalue weighted by molar-refractivity contribution is -0.134. The van der Waals surface area contributed by atoms with Crippen LogP contribution in [0.5, 0.6) is 0 Å². The molecule has 1 atom stereocenters. The van der Waals surface area contributed by atoms with Crippen LogP contribution in [-0.4, -0.2) is 17.9 Å². The highest BCUT2D eigenvalue weighted by molar-refractivity contribution is 6.31. The maximum Gasteiger partial charge on any atom is 0.243 e. The highest BCUT2D eigenvalue weighted by Gasteiger charge is 2.25. The predicted octanol–water partition coefficient (Wildman–Crippen LogP) is 1.37. The van der Waals surface area contributed by atoms with E-state index in [-0.39, 0.29) is 24.2 Å². The van der Waals surface area contributed by atoms with Gasteiger partial charge in [0.25, 0.3) is 0 Å². The van der Waals surface area contributed by atoms with Crippen LogP contribution in [0.3, 0.4) is 0 Å². The van der Waals surface area contributed by atoms with Crippen molar-refractivity contribution in [1.29, 1.82) is 0 Å². The molecule has 4 nitrogen and oxygen atoms in total. The summed E-state index contributed by atoms with van der Waals surface area (Å²) < 4.78 is 13.0. The van der Waals surface area contributed by atoms with Crippen LogP contribution in [0.4, 0.5) is 4.39 Å². The smallest absolute Gasteiger partial charge is 0.243 e. The molecule has 1 aromatic rings. The molecule has 0 saturated carbocycles. The van der Waals surface area contributed by atoms with Crippen LogP contribution in [0, 0.1) is 5.82 Å². The van der Waals surface area contributed by atoms with Crippen molar-refractivity contribution >= 4 is 23.4 Å². The lowest BCUT2D eigenvalue weighted by Crippen LogP contribution is -2.50. The summed E-state index contributed by atoms with van der Waals surface area (Å²) in [6.07, 6.45) is 0.748. The topological polar surface area (TPSA) is 58.2 Å². The van der Waals surface area contributed by atoms with E-state index in [9.17, 15) is 14.0 Å². The molecule has 18 heavy (non-hydrogen) atoms. The summed E-state index contributed by atoms with van der Waals surface area (Å²) in [4.78, 5) is 22.4. The Bertz CT molecular complexity index is 493. The number of hydrogen-bond acceptors (Lipinski definition) is 3. The maximum absolute atomic E-state index is 13.0. The van der Waals surface area contributed by atoms with Gasteiger partial charge in [0.15, 0.2) is 0 Å². The first-order valence-electron chi connectivity index (χ1n) is 5.57. The number of carbonyl (C=O) groups excluding carboxylic acids is 2. The highest BCUT2D eigenvalue weighted by atomic mass is 35.5. The number of piperidine rings is 1. The van der Waals surface area contributed by atoms with Crippen LogP contribution in [0.1, 0.15) is 18.4 Å². The number of imide groups is 1. The fraction of sp³-hybridized carbons (Fsp3) is 0.333. The van der Waals surface area contributed by atoms with E-state index < -0.39 is 6.04 Å². The number of amides is 2. The van der Waals surface area contributed by atoms with Gasteiger partial charge in [-0.3, -0.25) is 14.9 Å². The average Bonchev–Trinajstić information content (AvgIpc) is 2.32. The zero-order chi connectivity index (χ0) is 13.1. The summed E-state index contributed by atoms with van der Waals surface area (Å²) in [6.45, 7) is 0.281. The Morgan fingerprint density at radius 1 is 1.44 bits per heavy atom. The number of carbonyl (C=O) groups is 2. The van der Waals surface area contributed by atoms with Crippen molar-refractivity contribution in [2.45, 2.75) is 25.4 Å². The van der Waals surface area contributed by atoms with E-state index in [1.807, 2.05) is 0 Å². The average molecular weight is 271 g/mol. The van der Waals surface area contributed by atoms with Crippen molar-refractivity contribution < 1.29 is 14.0 Å². The second-order valence-corrected chi connectivity index (χ2v) is 4.53. The van der Waals surface area contributed by atoms with Gasteiger partial charge in [-0.05, 0) is 30.2 Å². The lowest BCUT2D eigenvalue weighted by Gasteiger charge is -2.22. The molecule has 0 radical (unpaired) electrons. The van der Waals surface area contributed by atoms with Gasteiger partial charge < -0.3 is 5.32 Å². The monoisotopic (exact) mass is 270 g/mol. The van der Waals surface area contributed by atoms with Gasteiger partial charge in [-0.15, -0.1) is 0 Å². The summed E-state index contributed by atoms with van der Waals surface area (Å²) in [5, 5.41) is 5.65. The molecule has 0 aromatic heterocycles. The van der Waals surface area contributed by atoms with Crippen LogP contribution >= 0.6 is 11.6 Å². The summed E-state index contributed by atoms with van der Waals surface area (Å²) >= 11 is 5.91. The summed E-state index contributed by atoms with van der Waals surface area (Å²) in [7, 11) is 0. The molecule has 6 heteroatoms. The molecule has 1 heterocycles. The third-order valence-corrected chi connectivity index (χ3v) is 3.15. The van der Waals surface area contributed by atoms with Gasteiger partial charge >= 0.3 is 0 Å². The van der Waals surface area contributed by atoms with Crippen LogP contribution in [0.15, 0.2) is 18.2 Å². The van der Waals surface area contributed by atoms with Crippen molar-refractivity contribution in [3.05, 3.63) is 34.6 Å². The Morgan fingerprint density at radius 3 is 2.94 bits per heavy atom. The number of nitrogens with one attached hydrogen (secondary N) is 2. The number of rotatable bonds is 3. The van der Waals surface area contributed by atoms with E-state index in [0.29, 0.717) is 23.4 Å². The van der Waals surface area contributed by atoms with Crippen molar-refractivity contribution in [2.75, 3.05) is 0 Å². The van der Waals surface area contributed by atoms with E-state index in [2.05, 4.69) is 10.6 Å². The zero-order valence-corrected chi connectivity index (χ0v) is 10.3. The third kappa shape index (κ3) is 3.05. The van der Waals surface area contributed by atoms with Gasteiger partial charge in [0, 0.05) is 18.0 Å². The quantitative estimate of drug-likeness (QED) is 0.816. The Labute approximate surface area is 109 Å². The van der Waals surface area contributed by atoms with Gasteiger partial charge in [-0.1, -0.05) is 11.6 Å². The normalized spacial score (nSPS) is 19.8. The molecular formula is C12H12ClFN2O2. The molecule has 0 spiro atoms. The first-order chi connectivity index (χ1) is 8.56. The highest BCUT2D eigenvalue weighted by Crippen LogP contribution is 2.17. The Kier molecular flexibility index (Phi) is 3.93. The molecule has 1 saturated heterocycles. The second-order valence-electron chi connectivity index (χ2n) is 4.12. The van der Waals surface area contributed by atoms with Gasteiger partial charge in [-0.2, -0.15) is 0 Å². The molecule has 2 N–H and O–H groups in total. The fourth-order valence-electron chi connectivity index (χ4n) is 1.80.